The van der Waals surface area contributed by atoms with Crippen LogP contribution in [0.15, 0.2) is 53.4 Å². The molecule has 1 aliphatic rings. The summed E-state index contributed by atoms with van der Waals surface area (Å²) < 4.78 is 22.9. The first kappa shape index (κ1) is 13.5. The summed E-state index contributed by atoms with van der Waals surface area (Å²) in [6, 6.07) is 13.7. The Morgan fingerprint density at radius 3 is 2.43 bits per heavy atom. The predicted molar refractivity (Wildman–Crippen MR) is 80.8 cm³/mol. The SMILES string of the molecule is NS(=O)(=O)c1ccc2c(c1)C(=Cc1ccccc1)C(=O)N2. The van der Waals surface area contributed by atoms with E-state index in [4.69, 9.17) is 5.14 Å². The maximum absolute atomic E-state index is 12.0. The van der Waals surface area contributed by atoms with Gasteiger partial charge in [-0.3, -0.25) is 4.79 Å². The van der Waals surface area contributed by atoms with Crippen molar-refractivity contribution in [2.24, 2.45) is 5.14 Å². The highest BCUT2D eigenvalue weighted by atomic mass is 32.2. The van der Waals surface area contributed by atoms with Gasteiger partial charge in [-0.15, -0.1) is 0 Å². The third kappa shape index (κ3) is 2.58. The van der Waals surface area contributed by atoms with E-state index in [2.05, 4.69) is 5.32 Å². The molecule has 2 aromatic rings. The zero-order chi connectivity index (χ0) is 15.0. The number of primary sulfonamides is 1. The first-order chi connectivity index (χ1) is 9.95. The first-order valence-corrected chi connectivity index (χ1v) is 7.75. The number of rotatable bonds is 2. The summed E-state index contributed by atoms with van der Waals surface area (Å²) >= 11 is 0. The van der Waals surface area contributed by atoms with E-state index in [1.165, 1.54) is 12.1 Å². The highest BCUT2D eigenvalue weighted by Crippen LogP contribution is 2.34. The van der Waals surface area contributed by atoms with Crippen LogP contribution >= 0.6 is 0 Å². The average molecular weight is 300 g/mol. The topological polar surface area (TPSA) is 89.3 Å². The molecule has 0 saturated heterocycles. The fraction of sp³-hybridized carbons (Fsp3) is 0. The Kier molecular flexibility index (Phi) is 3.12. The van der Waals surface area contributed by atoms with Crippen LogP contribution in [0.4, 0.5) is 5.69 Å². The van der Waals surface area contributed by atoms with E-state index in [1.807, 2.05) is 30.3 Å². The predicted octanol–water partition coefficient (Wildman–Crippen LogP) is 1.83. The average Bonchev–Trinajstić information content (AvgIpc) is 2.75. The molecule has 1 heterocycles. The van der Waals surface area contributed by atoms with Gasteiger partial charge in [-0.05, 0) is 29.8 Å². The van der Waals surface area contributed by atoms with Crippen LogP contribution in [0.1, 0.15) is 11.1 Å². The van der Waals surface area contributed by atoms with Gasteiger partial charge in [0.25, 0.3) is 5.91 Å². The van der Waals surface area contributed by atoms with Gasteiger partial charge in [-0.2, -0.15) is 0 Å². The zero-order valence-electron chi connectivity index (χ0n) is 10.9. The van der Waals surface area contributed by atoms with Gasteiger partial charge in [-0.25, -0.2) is 13.6 Å². The molecule has 0 atom stereocenters. The lowest BCUT2D eigenvalue weighted by Crippen LogP contribution is -2.12. The van der Waals surface area contributed by atoms with Crippen molar-refractivity contribution in [1.82, 2.24) is 0 Å². The van der Waals surface area contributed by atoms with Crippen molar-refractivity contribution in [2.75, 3.05) is 5.32 Å². The quantitative estimate of drug-likeness (QED) is 0.829. The highest BCUT2D eigenvalue weighted by Gasteiger charge is 2.25. The Labute approximate surface area is 122 Å². The molecule has 3 N–H and O–H groups in total. The highest BCUT2D eigenvalue weighted by molar-refractivity contribution is 7.89. The molecular formula is C15H12N2O3S. The normalized spacial score (nSPS) is 15.9. The number of carbonyl (C=O) groups excluding carboxylic acids is 1. The molecule has 2 aromatic carbocycles. The van der Waals surface area contributed by atoms with Gasteiger partial charge in [0.2, 0.25) is 10.0 Å². The van der Waals surface area contributed by atoms with E-state index in [-0.39, 0.29) is 10.8 Å². The largest absolute Gasteiger partial charge is 0.321 e. The fourth-order valence-electron chi connectivity index (χ4n) is 2.20. The number of anilines is 1. The lowest BCUT2D eigenvalue weighted by molar-refractivity contribution is -0.110. The standard InChI is InChI=1S/C15H12N2O3S/c16-21(19,20)11-6-7-14-12(9-11)13(15(18)17-14)8-10-4-2-1-3-5-10/h1-9H,(H,17,18)(H2,16,19,20). The molecule has 0 unspecified atom stereocenters. The number of fused-ring (bicyclic) bond motifs is 1. The number of nitrogens with two attached hydrogens (primary N) is 1. The molecule has 1 amide bonds. The Balaban J connectivity index is 2.15. The maximum Gasteiger partial charge on any atom is 0.256 e. The summed E-state index contributed by atoms with van der Waals surface area (Å²) in [6.45, 7) is 0. The molecule has 1 aliphatic heterocycles. The molecular weight excluding hydrogens is 288 g/mol. The molecule has 5 nitrogen and oxygen atoms in total. The van der Waals surface area contributed by atoms with Crippen LogP contribution in [0.5, 0.6) is 0 Å². The molecule has 0 saturated carbocycles. The fourth-order valence-corrected chi connectivity index (χ4v) is 2.74. The molecule has 106 valence electrons. The summed E-state index contributed by atoms with van der Waals surface area (Å²) in [5.41, 5.74) is 2.39. The van der Waals surface area contributed by atoms with Crippen molar-refractivity contribution in [2.45, 2.75) is 4.90 Å². The molecule has 0 spiro atoms. The molecule has 0 aliphatic carbocycles. The molecule has 3 rings (SSSR count). The van der Waals surface area contributed by atoms with Crippen LogP contribution < -0.4 is 10.5 Å². The van der Waals surface area contributed by atoms with Crippen LogP contribution in [0.2, 0.25) is 0 Å². The first-order valence-electron chi connectivity index (χ1n) is 6.20. The summed E-state index contributed by atoms with van der Waals surface area (Å²) in [7, 11) is -3.80. The van der Waals surface area contributed by atoms with Gasteiger partial charge >= 0.3 is 0 Å². The zero-order valence-corrected chi connectivity index (χ0v) is 11.7. The Hall–Kier alpha value is -2.44. The van der Waals surface area contributed by atoms with E-state index >= 15 is 0 Å². The van der Waals surface area contributed by atoms with E-state index < -0.39 is 10.0 Å². The van der Waals surface area contributed by atoms with Crippen molar-refractivity contribution in [1.29, 1.82) is 0 Å². The van der Waals surface area contributed by atoms with Crippen molar-refractivity contribution in [3.8, 4) is 0 Å². The van der Waals surface area contributed by atoms with Gasteiger partial charge in [0.1, 0.15) is 0 Å². The maximum atomic E-state index is 12.0. The number of benzene rings is 2. The number of carbonyl (C=O) groups is 1. The number of nitrogens with one attached hydrogen (secondary N) is 1. The van der Waals surface area contributed by atoms with Crippen LogP contribution in [0.25, 0.3) is 11.6 Å². The van der Waals surface area contributed by atoms with Gasteiger partial charge in [0.05, 0.1) is 4.90 Å². The smallest absolute Gasteiger partial charge is 0.256 e. The van der Waals surface area contributed by atoms with Gasteiger partial charge in [0, 0.05) is 16.8 Å². The minimum absolute atomic E-state index is 0.0169. The van der Waals surface area contributed by atoms with Gasteiger partial charge < -0.3 is 5.32 Å². The van der Waals surface area contributed by atoms with E-state index in [0.717, 1.165) is 5.56 Å². The molecule has 0 aromatic heterocycles. The Bertz CT molecular complexity index is 856. The van der Waals surface area contributed by atoms with Crippen LogP contribution in [-0.4, -0.2) is 14.3 Å². The van der Waals surface area contributed by atoms with E-state index in [1.54, 1.807) is 12.1 Å². The second kappa shape index (κ2) is 4.83. The van der Waals surface area contributed by atoms with Crippen LogP contribution in [0, 0.1) is 0 Å². The molecule has 0 radical (unpaired) electrons. The number of amides is 1. The van der Waals surface area contributed by atoms with Crippen molar-refractivity contribution in [3.63, 3.8) is 0 Å². The lowest BCUT2D eigenvalue weighted by Gasteiger charge is -2.02. The molecule has 0 fully saturated rings. The summed E-state index contributed by atoms with van der Waals surface area (Å²) in [5, 5.41) is 7.83. The lowest BCUT2D eigenvalue weighted by atomic mass is 10.0. The van der Waals surface area contributed by atoms with Crippen molar-refractivity contribution < 1.29 is 13.2 Å². The van der Waals surface area contributed by atoms with Crippen LogP contribution in [-0.2, 0) is 14.8 Å². The third-order valence-electron chi connectivity index (χ3n) is 3.21. The van der Waals surface area contributed by atoms with Gasteiger partial charge in [-0.1, -0.05) is 30.3 Å². The summed E-state index contributed by atoms with van der Waals surface area (Å²) in [4.78, 5) is 12.0. The van der Waals surface area contributed by atoms with E-state index in [0.29, 0.717) is 16.8 Å². The molecule has 21 heavy (non-hydrogen) atoms. The van der Waals surface area contributed by atoms with Crippen molar-refractivity contribution in [3.05, 3.63) is 59.7 Å². The van der Waals surface area contributed by atoms with Crippen LogP contribution in [0.3, 0.4) is 0 Å². The van der Waals surface area contributed by atoms with Crippen molar-refractivity contribution >= 4 is 33.3 Å². The Morgan fingerprint density at radius 2 is 1.76 bits per heavy atom. The number of sulfonamides is 1. The van der Waals surface area contributed by atoms with Gasteiger partial charge in [0.15, 0.2) is 0 Å². The van der Waals surface area contributed by atoms with E-state index in [9.17, 15) is 13.2 Å². The summed E-state index contributed by atoms with van der Waals surface area (Å²) in [6.07, 6.45) is 1.72. The molecule has 6 heteroatoms. The second-order valence-electron chi connectivity index (χ2n) is 4.68. The second-order valence-corrected chi connectivity index (χ2v) is 6.24. The molecule has 0 bridgehead atoms. The minimum atomic E-state index is -3.80. The Morgan fingerprint density at radius 1 is 1.05 bits per heavy atom. The third-order valence-corrected chi connectivity index (χ3v) is 4.12. The number of hydrogen-bond acceptors (Lipinski definition) is 3. The number of hydrogen-bond donors (Lipinski definition) is 2. The summed E-state index contributed by atoms with van der Waals surface area (Å²) in [5.74, 6) is -0.263. The monoisotopic (exact) mass is 300 g/mol. The minimum Gasteiger partial charge on any atom is -0.321 e.